The largest absolute Gasteiger partial charge is 0.492 e. The zero-order valence-electron chi connectivity index (χ0n) is 16.5. The first-order valence-corrected chi connectivity index (χ1v) is 10.3. The number of fused-ring (bicyclic) bond motifs is 1. The molecule has 1 fully saturated rings. The van der Waals surface area contributed by atoms with Crippen LogP contribution in [-0.2, 0) is 11.2 Å². The van der Waals surface area contributed by atoms with Crippen molar-refractivity contribution in [2.24, 2.45) is 0 Å². The van der Waals surface area contributed by atoms with Crippen LogP contribution in [0.3, 0.4) is 0 Å². The summed E-state index contributed by atoms with van der Waals surface area (Å²) in [5.41, 5.74) is 0.366. The van der Waals surface area contributed by atoms with Crippen LogP contribution in [0.4, 0.5) is 0 Å². The number of nitrogens with one attached hydrogen (secondary N) is 1. The van der Waals surface area contributed by atoms with Crippen LogP contribution >= 0.6 is 11.6 Å². The number of amides is 1. The van der Waals surface area contributed by atoms with E-state index >= 15 is 0 Å². The third-order valence-electron chi connectivity index (χ3n) is 5.31. The van der Waals surface area contributed by atoms with Crippen molar-refractivity contribution in [3.05, 3.63) is 69.6 Å². The van der Waals surface area contributed by atoms with Gasteiger partial charge in [0.25, 0.3) is 5.56 Å². The molecule has 2 aromatic carbocycles. The van der Waals surface area contributed by atoms with E-state index in [9.17, 15) is 9.59 Å². The standard InChI is InChI=1S/C22H23ClN4O3/c23-16-5-7-17(8-6-16)30-14-13-26-9-11-27(12-10-26)21(28)15-20-18-3-1-2-4-19(18)22(29)25-24-20/h1-8H,9-15H2,(H,25,29). The lowest BCUT2D eigenvalue weighted by Crippen LogP contribution is -2.50. The summed E-state index contributed by atoms with van der Waals surface area (Å²) in [5.74, 6) is 0.825. The second-order valence-electron chi connectivity index (χ2n) is 7.25. The molecule has 1 saturated heterocycles. The SMILES string of the molecule is O=C(Cc1n[nH]c(=O)c2ccccc12)N1CCN(CCOc2ccc(Cl)cc2)CC1. The number of H-pyrrole nitrogens is 1. The Hall–Kier alpha value is -2.90. The van der Waals surface area contributed by atoms with Crippen LogP contribution in [0, 0.1) is 0 Å². The Morgan fingerprint density at radius 3 is 2.47 bits per heavy atom. The Labute approximate surface area is 179 Å². The number of carbonyl (C=O) groups excluding carboxylic acids is 1. The second kappa shape index (κ2) is 9.28. The van der Waals surface area contributed by atoms with E-state index in [4.69, 9.17) is 16.3 Å². The van der Waals surface area contributed by atoms with Crippen LogP contribution in [-0.4, -0.2) is 65.2 Å². The van der Waals surface area contributed by atoms with Gasteiger partial charge in [0.05, 0.1) is 17.5 Å². The molecule has 8 heteroatoms. The van der Waals surface area contributed by atoms with Gasteiger partial charge in [-0.1, -0.05) is 29.8 Å². The first kappa shape index (κ1) is 20.4. The van der Waals surface area contributed by atoms with E-state index in [1.165, 1.54) is 0 Å². The topological polar surface area (TPSA) is 78.5 Å². The average molecular weight is 427 g/mol. The quantitative estimate of drug-likeness (QED) is 0.654. The van der Waals surface area contributed by atoms with E-state index in [2.05, 4.69) is 15.1 Å². The van der Waals surface area contributed by atoms with Crippen molar-refractivity contribution in [1.82, 2.24) is 20.0 Å². The highest BCUT2D eigenvalue weighted by molar-refractivity contribution is 6.30. The summed E-state index contributed by atoms with van der Waals surface area (Å²) < 4.78 is 5.75. The van der Waals surface area contributed by atoms with Gasteiger partial charge < -0.3 is 9.64 Å². The lowest BCUT2D eigenvalue weighted by Gasteiger charge is -2.34. The molecule has 0 radical (unpaired) electrons. The molecule has 1 aliphatic rings. The summed E-state index contributed by atoms with van der Waals surface area (Å²) in [4.78, 5) is 28.8. The average Bonchev–Trinajstić information content (AvgIpc) is 2.78. The number of aromatic amines is 1. The summed E-state index contributed by atoms with van der Waals surface area (Å²) in [7, 11) is 0. The summed E-state index contributed by atoms with van der Waals surface area (Å²) in [6.07, 6.45) is 0.178. The number of ether oxygens (including phenoxy) is 1. The molecule has 0 aliphatic carbocycles. The van der Waals surface area contributed by atoms with Gasteiger partial charge in [0.1, 0.15) is 12.4 Å². The van der Waals surface area contributed by atoms with Gasteiger partial charge in [0, 0.05) is 43.1 Å². The van der Waals surface area contributed by atoms with Gasteiger partial charge in [-0.3, -0.25) is 14.5 Å². The van der Waals surface area contributed by atoms with Gasteiger partial charge in [0.15, 0.2) is 0 Å². The molecule has 0 unspecified atom stereocenters. The molecule has 3 aromatic rings. The number of benzene rings is 2. The monoisotopic (exact) mass is 426 g/mol. The molecule has 1 amide bonds. The van der Waals surface area contributed by atoms with Crippen molar-refractivity contribution in [2.45, 2.75) is 6.42 Å². The Morgan fingerprint density at radius 2 is 1.73 bits per heavy atom. The molecule has 4 rings (SSSR count). The van der Waals surface area contributed by atoms with Crippen LogP contribution in [0.15, 0.2) is 53.3 Å². The number of carbonyl (C=O) groups is 1. The smallest absolute Gasteiger partial charge is 0.272 e. The summed E-state index contributed by atoms with van der Waals surface area (Å²) in [6.45, 7) is 4.33. The molecule has 1 aromatic heterocycles. The van der Waals surface area contributed by atoms with Gasteiger partial charge in [-0.25, -0.2) is 5.10 Å². The summed E-state index contributed by atoms with van der Waals surface area (Å²) >= 11 is 5.88. The number of aromatic nitrogens is 2. The van der Waals surface area contributed by atoms with E-state index in [1.807, 2.05) is 41.3 Å². The lowest BCUT2D eigenvalue weighted by atomic mass is 10.1. The minimum atomic E-state index is -0.240. The fraction of sp³-hybridized carbons (Fsp3) is 0.318. The number of halogens is 1. The van der Waals surface area contributed by atoms with Crippen LogP contribution in [0.5, 0.6) is 5.75 Å². The highest BCUT2D eigenvalue weighted by Gasteiger charge is 2.22. The van der Waals surface area contributed by atoms with Gasteiger partial charge in [0.2, 0.25) is 5.91 Å². The Morgan fingerprint density at radius 1 is 1.03 bits per heavy atom. The first-order chi connectivity index (χ1) is 14.6. The number of piperazine rings is 1. The molecule has 156 valence electrons. The Kier molecular flexibility index (Phi) is 6.30. The number of rotatable bonds is 6. The van der Waals surface area contributed by atoms with Gasteiger partial charge in [-0.15, -0.1) is 0 Å². The second-order valence-corrected chi connectivity index (χ2v) is 7.68. The molecule has 1 aliphatic heterocycles. The normalized spacial score (nSPS) is 14.8. The number of hydrogen-bond donors (Lipinski definition) is 1. The number of nitrogens with zero attached hydrogens (tertiary/aromatic N) is 3. The lowest BCUT2D eigenvalue weighted by molar-refractivity contribution is -0.132. The van der Waals surface area contributed by atoms with Gasteiger partial charge in [-0.2, -0.15) is 5.10 Å². The van der Waals surface area contributed by atoms with Crippen molar-refractivity contribution in [2.75, 3.05) is 39.3 Å². The molecule has 0 spiro atoms. The highest BCUT2D eigenvalue weighted by Crippen LogP contribution is 2.16. The van der Waals surface area contributed by atoms with Crippen molar-refractivity contribution >= 4 is 28.3 Å². The maximum absolute atomic E-state index is 12.8. The molecule has 30 heavy (non-hydrogen) atoms. The van der Waals surface area contributed by atoms with Crippen molar-refractivity contribution in [3.8, 4) is 5.75 Å². The number of hydrogen-bond acceptors (Lipinski definition) is 5. The summed E-state index contributed by atoms with van der Waals surface area (Å²) in [5, 5.41) is 8.58. The Balaban J connectivity index is 1.27. The molecular weight excluding hydrogens is 404 g/mol. The predicted octanol–water partition coefficient (Wildman–Crippen LogP) is 2.34. The van der Waals surface area contributed by atoms with Crippen molar-refractivity contribution < 1.29 is 9.53 Å². The summed E-state index contributed by atoms with van der Waals surface area (Å²) in [6, 6.07) is 14.6. The molecule has 0 atom stereocenters. The predicted molar refractivity (Wildman–Crippen MR) is 116 cm³/mol. The molecule has 7 nitrogen and oxygen atoms in total. The van der Waals surface area contributed by atoms with Gasteiger partial charge >= 0.3 is 0 Å². The van der Waals surface area contributed by atoms with Crippen LogP contribution in [0.1, 0.15) is 5.69 Å². The van der Waals surface area contributed by atoms with Crippen LogP contribution < -0.4 is 10.3 Å². The van der Waals surface area contributed by atoms with E-state index < -0.39 is 0 Å². The highest BCUT2D eigenvalue weighted by atomic mass is 35.5. The Bertz CT molecular complexity index is 1080. The third-order valence-corrected chi connectivity index (χ3v) is 5.56. The molecule has 1 N–H and O–H groups in total. The first-order valence-electron chi connectivity index (χ1n) is 9.95. The fourth-order valence-electron chi connectivity index (χ4n) is 3.61. The molecular formula is C22H23ClN4O3. The molecule has 2 heterocycles. The maximum atomic E-state index is 12.8. The molecule has 0 bridgehead atoms. The van der Waals surface area contributed by atoms with E-state index in [1.54, 1.807) is 12.1 Å². The molecule has 0 saturated carbocycles. The van der Waals surface area contributed by atoms with Crippen LogP contribution in [0.25, 0.3) is 10.8 Å². The van der Waals surface area contributed by atoms with E-state index in [0.717, 1.165) is 30.8 Å². The third kappa shape index (κ3) is 4.80. The fourth-order valence-corrected chi connectivity index (χ4v) is 3.73. The zero-order chi connectivity index (χ0) is 20.9. The minimum absolute atomic E-state index is 0.0248. The van der Waals surface area contributed by atoms with Gasteiger partial charge in [-0.05, 0) is 30.3 Å². The maximum Gasteiger partial charge on any atom is 0.272 e. The van der Waals surface area contributed by atoms with Crippen molar-refractivity contribution in [3.63, 3.8) is 0 Å². The zero-order valence-corrected chi connectivity index (χ0v) is 17.3. The van der Waals surface area contributed by atoms with E-state index in [-0.39, 0.29) is 17.9 Å². The van der Waals surface area contributed by atoms with Crippen molar-refractivity contribution in [1.29, 1.82) is 0 Å². The van der Waals surface area contributed by atoms with E-state index in [0.29, 0.717) is 35.8 Å². The van der Waals surface area contributed by atoms with Crippen LogP contribution in [0.2, 0.25) is 5.02 Å². The minimum Gasteiger partial charge on any atom is -0.492 e.